The summed E-state index contributed by atoms with van der Waals surface area (Å²) < 4.78 is 18.9. The largest absolute Gasteiger partial charge is 0.544 e. The Morgan fingerprint density at radius 1 is 1.44 bits per heavy atom. The summed E-state index contributed by atoms with van der Waals surface area (Å²) in [6.07, 6.45) is 0. The van der Waals surface area contributed by atoms with E-state index in [1.165, 1.54) is 6.07 Å². The van der Waals surface area contributed by atoms with E-state index in [4.69, 9.17) is 15.3 Å². The van der Waals surface area contributed by atoms with E-state index in [0.717, 1.165) is 6.07 Å². The van der Waals surface area contributed by atoms with E-state index in [1.807, 2.05) is 19.6 Å². The second-order valence-electron chi connectivity index (χ2n) is 4.39. The molecule has 4 nitrogen and oxygen atoms in total. The molecule has 0 saturated heterocycles. The lowest BCUT2D eigenvalue weighted by Gasteiger charge is -2.20. The average molecular weight is 243 g/mol. The third-order valence-corrected chi connectivity index (χ3v) is 2.58. The van der Waals surface area contributed by atoms with Crippen molar-refractivity contribution in [1.82, 2.24) is 0 Å². The van der Waals surface area contributed by atoms with Gasteiger partial charge in [0.15, 0.2) is 5.82 Å². The maximum Gasteiger partial charge on any atom is 0.338 e. The summed E-state index contributed by atoms with van der Waals surface area (Å²) >= 11 is 0. The molecular weight excluding hydrogens is 229 g/mol. The minimum atomic E-state index is -1.87. The van der Waals surface area contributed by atoms with Gasteiger partial charge in [0.25, 0.3) is 0 Å². The molecule has 0 spiro atoms. The summed E-state index contributed by atoms with van der Waals surface area (Å²) in [7, 11) is -1.87. The van der Waals surface area contributed by atoms with Gasteiger partial charge in [0.05, 0.1) is 5.69 Å². The van der Waals surface area contributed by atoms with E-state index in [9.17, 15) is 9.18 Å². The number of carboxylic acids is 1. The fourth-order valence-electron chi connectivity index (χ4n) is 1.19. The molecule has 0 aliphatic heterocycles. The molecule has 6 heteroatoms. The molecule has 1 aromatic rings. The van der Waals surface area contributed by atoms with Crippen LogP contribution in [-0.4, -0.2) is 19.4 Å². The highest BCUT2D eigenvalue weighted by Crippen LogP contribution is 2.25. The van der Waals surface area contributed by atoms with Crippen LogP contribution in [0.5, 0.6) is 5.75 Å². The normalized spacial score (nSPS) is 11.2. The highest BCUT2D eigenvalue weighted by molar-refractivity contribution is 6.70. The molecule has 0 aliphatic carbocycles. The number of nitrogen functional groups attached to an aromatic ring is 1. The Morgan fingerprint density at radius 3 is 2.44 bits per heavy atom. The highest BCUT2D eigenvalue weighted by atomic mass is 28.4. The molecule has 0 saturated carbocycles. The van der Waals surface area contributed by atoms with Crippen LogP contribution in [0.3, 0.4) is 0 Å². The molecule has 1 rings (SSSR count). The predicted octanol–water partition coefficient (Wildman–Crippen LogP) is 2.32. The fraction of sp³-hybridized carbons (Fsp3) is 0.300. The van der Waals surface area contributed by atoms with Crippen LogP contribution in [0, 0.1) is 5.82 Å². The number of carboxylic acid groups (broad SMARTS) is 1. The fourth-order valence-corrected chi connectivity index (χ4v) is 2.01. The van der Waals surface area contributed by atoms with Crippen molar-refractivity contribution in [3.8, 4) is 5.75 Å². The third kappa shape index (κ3) is 2.96. The monoisotopic (exact) mass is 243 g/mol. The molecule has 16 heavy (non-hydrogen) atoms. The molecule has 0 bridgehead atoms. The maximum absolute atomic E-state index is 13.3. The first-order chi connectivity index (χ1) is 7.20. The van der Waals surface area contributed by atoms with Gasteiger partial charge in [0.1, 0.15) is 11.3 Å². The Kier molecular flexibility index (Phi) is 3.23. The molecule has 0 amide bonds. The van der Waals surface area contributed by atoms with E-state index >= 15 is 0 Å². The van der Waals surface area contributed by atoms with Crippen LogP contribution in [-0.2, 0) is 0 Å². The van der Waals surface area contributed by atoms with Crippen molar-refractivity contribution >= 4 is 20.0 Å². The summed E-state index contributed by atoms with van der Waals surface area (Å²) in [5, 5.41) is 8.77. The molecule has 0 radical (unpaired) electrons. The second kappa shape index (κ2) is 4.13. The van der Waals surface area contributed by atoms with E-state index in [0.29, 0.717) is 5.75 Å². The summed E-state index contributed by atoms with van der Waals surface area (Å²) in [6.45, 7) is 5.81. The summed E-state index contributed by atoms with van der Waals surface area (Å²) in [5.41, 5.74) is 4.70. The molecule has 3 N–H and O–H groups in total. The van der Waals surface area contributed by atoms with Crippen LogP contribution >= 0.6 is 0 Å². The minimum absolute atomic E-state index is 0.215. The Bertz CT molecular complexity index is 429. The van der Waals surface area contributed by atoms with Crippen molar-refractivity contribution in [2.45, 2.75) is 19.6 Å². The third-order valence-electron chi connectivity index (χ3n) is 1.73. The summed E-state index contributed by atoms with van der Waals surface area (Å²) in [5.74, 6) is -1.98. The van der Waals surface area contributed by atoms with Gasteiger partial charge in [0.2, 0.25) is 8.32 Å². The van der Waals surface area contributed by atoms with E-state index < -0.39 is 25.7 Å². The minimum Gasteiger partial charge on any atom is -0.544 e. The van der Waals surface area contributed by atoms with Crippen LogP contribution in [0.15, 0.2) is 12.1 Å². The first-order valence-corrected chi connectivity index (χ1v) is 8.13. The summed E-state index contributed by atoms with van der Waals surface area (Å²) in [6, 6.07) is 2.46. The highest BCUT2D eigenvalue weighted by Gasteiger charge is 2.20. The smallest absolute Gasteiger partial charge is 0.338 e. The van der Waals surface area contributed by atoms with Gasteiger partial charge in [0, 0.05) is 6.07 Å². The zero-order chi connectivity index (χ0) is 12.5. The van der Waals surface area contributed by atoms with Gasteiger partial charge in [-0.2, -0.15) is 0 Å². The molecule has 88 valence electrons. The topological polar surface area (TPSA) is 72.5 Å². The van der Waals surface area contributed by atoms with Crippen LogP contribution in [0.2, 0.25) is 19.6 Å². The molecule has 0 aliphatic rings. The zero-order valence-corrected chi connectivity index (χ0v) is 10.4. The van der Waals surface area contributed by atoms with Gasteiger partial charge >= 0.3 is 5.97 Å². The molecule has 0 atom stereocenters. The lowest BCUT2D eigenvalue weighted by atomic mass is 10.2. The molecule has 1 aromatic carbocycles. The lowest BCUT2D eigenvalue weighted by molar-refractivity contribution is 0.0691. The van der Waals surface area contributed by atoms with Crippen molar-refractivity contribution in [2.75, 3.05) is 5.73 Å². The summed E-state index contributed by atoms with van der Waals surface area (Å²) in [4.78, 5) is 10.8. The number of nitrogens with two attached hydrogens (primary N) is 1. The van der Waals surface area contributed by atoms with Gasteiger partial charge in [-0.3, -0.25) is 0 Å². The zero-order valence-electron chi connectivity index (χ0n) is 9.37. The second-order valence-corrected chi connectivity index (χ2v) is 8.82. The Hall–Kier alpha value is -1.56. The number of hydrogen-bond acceptors (Lipinski definition) is 3. The van der Waals surface area contributed by atoms with Gasteiger partial charge in [-0.05, 0) is 25.7 Å². The van der Waals surface area contributed by atoms with Gasteiger partial charge in [-0.1, -0.05) is 0 Å². The number of benzene rings is 1. The van der Waals surface area contributed by atoms with Crippen molar-refractivity contribution in [1.29, 1.82) is 0 Å². The quantitative estimate of drug-likeness (QED) is 0.631. The van der Waals surface area contributed by atoms with E-state index in [-0.39, 0.29) is 5.69 Å². The number of rotatable bonds is 3. The first kappa shape index (κ1) is 12.5. The number of aromatic carboxylic acids is 1. The van der Waals surface area contributed by atoms with Crippen molar-refractivity contribution in [3.05, 3.63) is 23.5 Å². The molecule has 0 heterocycles. The van der Waals surface area contributed by atoms with E-state index in [1.54, 1.807) is 0 Å². The molecule has 0 aromatic heterocycles. The van der Waals surface area contributed by atoms with Gasteiger partial charge in [-0.15, -0.1) is 0 Å². The van der Waals surface area contributed by atoms with Crippen molar-refractivity contribution < 1.29 is 18.7 Å². The SMILES string of the molecule is C[Si](C)(C)Oc1cc(N)c(F)c(C(=O)O)c1. The first-order valence-electron chi connectivity index (χ1n) is 4.72. The Morgan fingerprint density at radius 2 is 2.00 bits per heavy atom. The Labute approximate surface area is 94.0 Å². The van der Waals surface area contributed by atoms with Gasteiger partial charge < -0.3 is 15.3 Å². The average Bonchev–Trinajstić information content (AvgIpc) is 2.07. The number of carbonyl (C=O) groups is 1. The standard InChI is InChI=1S/C10H14FNO3Si/c1-16(2,3)15-6-4-7(10(13)14)9(11)8(12)5-6/h4-5H,12H2,1-3H3,(H,13,14). The van der Waals surface area contributed by atoms with Crippen LogP contribution in [0.1, 0.15) is 10.4 Å². The number of anilines is 1. The molecule has 0 fully saturated rings. The van der Waals surface area contributed by atoms with Crippen molar-refractivity contribution in [3.63, 3.8) is 0 Å². The maximum atomic E-state index is 13.3. The molecule has 0 unspecified atom stereocenters. The molecular formula is C10H14FNO3Si. The van der Waals surface area contributed by atoms with Gasteiger partial charge in [-0.25, -0.2) is 9.18 Å². The van der Waals surface area contributed by atoms with Crippen LogP contribution in [0.25, 0.3) is 0 Å². The number of halogens is 1. The lowest BCUT2D eigenvalue weighted by Crippen LogP contribution is -2.29. The number of hydrogen-bond donors (Lipinski definition) is 2. The van der Waals surface area contributed by atoms with E-state index in [2.05, 4.69) is 0 Å². The van der Waals surface area contributed by atoms with Crippen LogP contribution < -0.4 is 10.2 Å². The van der Waals surface area contributed by atoms with Crippen molar-refractivity contribution in [2.24, 2.45) is 0 Å². The Balaban J connectivity index is 3.19. The predicted molar refractivity (Wildman–Crippen MR) is 61.7 cm³/mol. The van der Waals surface area contributed by atoms with Crippen LogP contribution in [0.4, 0.5) is 10.1 Å².